The van der Waals surface area contributed by atoms with Crippen molar-refractivity contribution in [3.63, 3.8) is 0 Å². The monoisotopic (exact) mass is 308 g/mol. The zero-order valence-corrected chi connectivity index (χ0v) is 12.7. The first kappa shape index (κ1) is 13.8. The van der Waals surface area contributed by atoms with Crippen LogP contribution in [0.15, 0.2) is 36.7 Å². The number of fused-ring (bicyclic) bond motifs is 1. The Balaban J connectivity index is 1.65. The van der Waals surface area contributed by atoms with Crippen molar-refractivity contribution in [1.82, 2.24) is 25.3 Å². The van der Waals surface area contributed by atoms with Gasteiger partial charge in [-0.1, -0.05) is 6.07 Å². The number of rotatable bonds is 3. The fraction of sp³-hybridized carbons (Fsp3) is 0.250. The van der Waals surface area contributed by atoms with Crippen molar-refractivity contribution in [2.75, 3.05) is 18.4 Å². The Hall–Kier alpha value is -2.80. The van der Waals surface area contributed by atoms with Gasteiger partial charge in [0, 0.05) is 37.3 Å². The van der Waals surface area contributed by atoms with E-state index in [1.165, 1.54) is 0 Å². The van der Waals surface area contributed by atoms with Crippen LogP contribution in [0.5, 0.6) is 0 Å². The van der Waals surface area contributed by atoms with Crippen LogP contribution in [0.3, 0.4) is 0 Å². The molecule has 0 aliphatic carbocycles. The fourth-order valence-corrected chi connectivity index (χ4v) is 2.56. The van der Waals surface area contributed by atoms with E-state index in [1.54, 1.807) is 4.68 Å². The Morgan fingerprint density at radius 2 is 2.13 bits per heavy atom. The van der Waals surface area contributed by atoms with Crippen molar-refractivity contribution < 1.29 is 4.79 Å². The predicted octanol–water partition coefficient (Wildman–Crippen LogP) is 1.19. The van der Waals surface area contributed by atoms with Crippen molar-refractivity contribution >= 4 is 22.6 Å². The van der Waals surface area contributed by atoms with E-state index in [2.05, 4.69) is 25.9 Å². The van der Waals surface area contributed by atoms with Gasteiger partial charge in [-0.25, -0.2) is 0 Å². The molecule has 23 heavy (non-hydrogen) atoms. The number of carbonyl (C=O) groups excluding carboxylic acids is 1. The van der Waals surface area contributed by atoms with Crippen molar-refractivity contribution in [1.29, 1.82) is 0 Å². The number of nitrogens with zero attached hydrogens (tertiary/aromatic N) is 4. The van der Waals surface area contributed by atoms with Crippen LogP contribution in [-0.4, -0.2) is 39.0 Å². The number of aromatic nitrogens is 4. The first-order valence-corrected chi connectivity index (χ1v) is 7.47. The second kappa shape index (κ2) is 5.44. The highest BCUT2D eigenvalue weighted by atomic mass is 16.2. The molecule has 116 valence electrons. The van der Waals surface area contributed by atoms with Gasteiger partial charge in [-0.3, -0.25) is 9.48 Å². The Bertz CT molecular complexity index is 883. The molecule has 3 aromatic rings. The van der Waals surface area contributed by atoms with Gasteiger partial charge in [-0.2, -0.15) is 5.10 Å². The van der Waals surface area contributed by atoms with Gasteiger partial charge in [0.25, 0.3) is 0 Å². The number of benzene rings is 1. The summed E-state index contributed by atoms with van der Waals surface area (Å²) < 4.78 is 1.77. The molecule has 0 radical (unpaired) electrons. The molecule has 0 unspecified atom stereocenters. The van der Waals surface area contributed by atoms with Crippen molar-refractivity contribution in [2.45, 2.75) is 0 Å². The molecule has 1 aromatic carbocycles. The summed E-state index contributed by atoms with van der Waals surface area (Å²) >= 11 is 0. The summed E-state index contributed by atoms with van der Waals surface area (Å²) in [6.07, 6.45) is 3.78. The number of hydrogen-bond acceptors (Lipinski definition) is 5. The summed E-state index contributed by atoms with van der Waals surface area (Å²) in [5.41, 5.74) is 2.89. The summed E-state index contributed by atoms with van der Waals surface area (Å²) in [4.78, 5) is 12.0. The molecule has 1 amide bonds. The van der Waals surface area contributed by atoms with Gasteiger partial charge in [-0.15, -0.1) is 10.2 Å². The van der Waals surface area contributed by atoms with Gasteiger partial charge < -0.3 is 10.6 Å². The molecule has 3 heterocycles. The highest BCUT2D eigenvalue weighted by molar-refractivity contribution is 5.94. The van der Waals surface area contributed by atoms with E-state index in [1.807, 2.05) is 43.7 Å². The fourth-order valence-electron chi connectivity index (χ4n) is 2.56. The van der Waals surface area contributed by atoms with Crippen LogP contribution >= 0.6 is 0 Å². The molecule has 2 aromatic heterocycles. The lowest BCUT2D eigenvalue weighted by molar-refractivity contribution is -0.121. The highest BCUT2D eigenvalue weighted by Crippen LogP contribution is 2.24. The first-order valence-electron chi connectivity index (χ1n) is 7.47. The standard InChI is InChI=1S/C16H16N6O/c1-22-9-13(8-18-22)10-2-3-14-11(4-10)5-15(21-20-14)19-16(23)12-6-17-7-12/h2-5,8-9,12,17H,6-7H2,1H3,(H,19,21,23). The first-order chi connectivity index (χ1) is 11.2. The molecule has 0 saturated carbocycles. The van der Waals surface area contributed by atoms with Gasteiger partial charge in [-0.05, 0) is 23.8 Å². The lowest BCUT2D eigenvalue weighted by Gasteiger charge is -2.25. The molecule has 1 saturated heterocycles. The molecular weight excluding hydrogens is 292 g/mol. The molecule has 0 bridgehead atoms. The van der Waals surface area contributed by atoms with Gasteiger partial charge in [0.15, 0.2) is 5.82 Å². The summed E-state index contributed by atoms with van der Waals surface area (Å²) in [5, 5.41) is 19.3. The third-order valence-electron chi connectivity index (χ3n) is 4.03. The maximum Gasteiger partial charge on any atom is 0.231 e. The third-order valence-corrected chi connectivity index (χ3v) is 4.03. The SMILES string of the molecule is Cn1cc(-c2ccc3nnc(NC(=O)C4CNC4)cc3c2)cn1. The second-order valence-electron chi connectivity index (χ2n) is 5.75. The van der Waals surface area contributed by atoms with E-state index in [-0.39, 0.29) is 11.8 Å². The summed E-state index contributed by atoms with van der Waals surface area (Å²) in [6, 6.07) is 7.80. The van der Waals surface area contributed by atoms with E-state index in [9.17, 15) is 4.79 Å². The maximum absolute atomic E-state index is 12.0. The number of amides is 1. The minimum atomic E-state index is -0.0131. The minimum absolute atomic E-state index is 0.0131. The van der Waals surface area contributed by atoms with Crippen LogP contribution in [0.2, 0.25) is 0 Å². The quantitative estimate of drug-likeness (QED) is 0.759. The molecule has 1 aliphatic rings. The van der Waals surface area contributed by atoms with Crippen LogP contribution in [-0.2, 0) is 11.8 Å². The molecular formula is C16H16N6O. The number of nitrogens with one attached hydrogen (secondary N) is 2. The largest absolute Gasteiger partial charge is 0.315 e. The van der Waals surface area contributed by atoms with E-state index in [0.29, 0.717) is 5.82 Å². The van der Waals surface area contributed by atoms with E-state index in [0.717, 1.165) is 35.1 Å². The molecule has 1 fully saturated rings. The number of hydrogen-bond donors (Lipinski definition) is 2. The number of carbonyl (C=O) groups is 1. The van der Waals surface area contributed by atoms with Gasteiger partial charge in [0.05, 0.1) is 17.6 Å². The second-order valence-corrected chi connectivity index (χ2v) is 5.75. The molecule has 7 nitrogen and oxygen atoms in total. The Kier molecular flexibility index (Phi) is 3.27. The van der Waals surface area contributed by atoms with Crippen molar-refractivity contribution in [3.05, 3.63) is 36.7 Å². The zero-order chi connectivity index (χ0) is 15.8. The number of anilines is 1. The van der Waals surface area contributed by atoms with Gasteiger partial charge in [0.2, 0.25) is 5.91 Å². The summed E-state index contributed by atoms with van der Waals surface area (Å²) in [6.45, 7) is 1.44. The predicted molar refractivity (Wildman–Crippen MR) is 86.7 cm³/mol. The summed E-state index contributed by atoms with van der Waals surface area (Å²) in [7, 11) is 1.89. The Morgan fingerprint density at radius 3 is 2.83 bits per heavy atom. The Morgan fingerprint density at radius 1 is 1.26 bits per heavy atom. The van der Waals surface area contributed by atoms with Crippen LogP contribution in [0, 0.1) is 5.92 Å². The molecule has 1 aliphatic heterocycles. The Labute approximate surface area is 132 Å². The van der Waals surface area contributed by atoms with Crippen molar-refractivity contribution in [3.8, 4) is 11.1 Å². The van der Waals surface area contributed by atoms with E-state index < -0.39 is 0 Å². The average molecular weight is 308 g/mol. The van der Waals surface area contributed by atoms with Crippen LogP contribution in [0.25, 0.3) is 22.0 Å². The molecule has 0 spiro atoms. The lowest BCUT2D eigenvalue weighted by Crippen LogP contribution is -2.48. The van der Waals surface area contributed by atoms with Crippen molar-refractivity contribution in [2.24, 2.45) is 13.0 Å². The normalized spacial score (nSPS) is 14.7. The van der Waals surface area contributed by atoms with Crippen LogP contribution < -0.4 is 10.6 Å². The summed E-state index contributed by atoms with van der Waals surface area (Å²) in [5.74, 6) is 0.493. The smallest absolute Gasteiger partial charge is 0.231 e. The third kappa shape index (κ3) is 2.66. The molecule has 0 atom stereocenters. The highest BCUT2D eigenvalue weighted by Gasteiger charge is 2.25. The zero-order valence-electron chi connectivity index (χ0n) is 12.7. The van der Waals surface area contributed by atoms with E-state index in [4.69, 9.17) is 0 Å². The average Bonchev–Trinajstić information content (AvgIpc) is 2.91. The lowest BCUT2D eigenvalue weighted by atomic mass is 10.0. The topological polar surface area (TPSA) is 84.7 Å². The molecule has 2 N–H and O–H groups in total. The molecule has 4 rings (SSSR count). The van der Waals surface area contributed by atoms with Crippen LogP contribution in [0.4, 0.5) is 5.82 Å². The number of aryl methyl sites for hydroxylation is 1. The molecule has 7 heteroatoms. The minimum Gasteiger partial charge on any atom is -0.315 e. The van der Waals surface area contributed by atoms with Gasteiger partial charge >= 0.3 is 0 Å². The maximum atomic E-state index is 12.0. The van der Waals surface area contributed by atoms with E-state index >= 15 is 0 Å². The van der Waals surface area contributed by atoms with Crippen LogP contribution in [0.1, 0.15) is 0 Å². The van der Waals surface area contributed by atoms with Gasteiger partial charge in [0.1, 0.15) is 0 Å².